The fraction of sp³-hybridized carbons (Fsp3) is 0.412. The molecule has 0 bridgehead atoms. The summed E-state index contributed by atoms with van der Waals surface area (Å²) in [6.07, 6.45) is 2.55. The molecule has 0 saturated heterocycles. The summed E-state index contributed by atoms with van der Waals surface area (Å²) in [5.74, 6) is 0.0423. The molecule has 0 aliphatic rings. The summed E-state index contributed by atoms with van der Waals surface area (Å²) in [5, 5.41) is 15.8. The van der Waals surface area contributed by atoms with Gasteiger partial charge >= 0.3 is 0 Å². The molecule has 0 amide bonds. The van der Waals surface area contributed by atoms with E-state index in [-0.39, 0.29) is 17.7 Å². The van der Waals surface area contributed by atoms with Crippen molar-refractivity contribution in [2.45, 2.75) is 32.2 Å². The Morgan fingerprint density at radius 3 is 2.70 bits per heavy atom. The third-order valence-electron chi connectivity index (χ3n) is 4.09. The molecule has 0 fully saturated rings. The number of nitrogens with two attached hydrogens (primary N) is 1. The number of nitriles is 1. The first-order valence-electron chi connectivity index (χ1n) is 7.75. The normalized spacial score (nSPS) is 12.3. The molecule has 0 radical (unpaired) electrons. The number of nitrogen functional groups attached to an aromatic ring is 1. The van der Waals surface area contributed by atoms with Crippen LogP contribution in [0.5, 0.6) is 0 Å². The number of hydrogen-bond donors (Lipinski definition) is 2. The summed E-state index contributed by atoms with van der Waals surface area (Å²) in [4.78, 5) is 2.25. The van der Waals surface area contributed by atoms with Crippen molar-refractivity contribution in [1.29, 1.82) is 5.26 Å². The number of nitrogens with one attached hydrogen (secondary N) is 1. The van der Waals surface area contributed by atoms with Crippen molar-refractivity contribution in [3.8, 4) is 6.07 Å². The number of rotatable bonds is 7. The maximum absolute atomic E-state index is 13.1. The lowest BCUT2D eigenvalue weighted by Crippen LogP contribution is -2.25. The molecule has 1 heterocycles. The molecule has 0 saturated carbocycles. The lowest BCUT2D eigenvalue weighted by molar-refractivity contribution is 0.236. The number of benzene rings is 1. The van der Waals surface area contributed by atoms with E-state index in [1.165, 1.54) is 12.1 Å². The molecule has 1 unspecified atom stereocenters. The lowest BCUT2D eigenvalue weighted by atomic mass is 10.0. The molecule has 1 aromatic carbocycles. The number of aromatic nitrogens is 2. The smallest absolute Gasteiger partial charge is 0.163 e. The van der Waals surface area contributed by atoms with E-state index >= 15 is 0 Å². The first-order chi connectivity index (χ1) is 11.1. The number of hydrogen-bond acceptors (Lipinski definition) is 4. The van der Waals surface area contributed by atoms with Crippen molar-refractivity contribution < 1.29 is 4.39 Å². The van der Waals surface area contributed by atoms with Gasteiger partial charge in [-0.3, -0.25) is 10.00 Å². The highest BCUT2D eigenvalue weighted by atomic mass is 19.1. The molecule has 1 aromatic heterocycles. The summed E-state index contributed by atoms with van der Waals surface area (Å²) in [6, 6.07) is 9.00. The topological polar surface area (TPSA) is 81.7 Å². The first-order valence-corrected chi connectivity index (χ1v) is 7.75. The molecule has 1 atom stereocenters. The third kappa shape index (κ3) is 4.08. The second-order valence-electron chi connectivity index (χ2n) is 5.63. The minimum atomic E-state index is -0.216. The fourth-order valence-electron chi connectivity index (χ4n) is 2.85. The molecule has 6 heteroatoms. The Morgan fingerprint density at radius 2 is 2.09 bits per heavy atom. The first kappa shape index (κ1) is 17.0. The van der Waals surface area contributed by atoms with Gasteiger partial charge < -0.3 is 5.73 Å². The summed E-state index contributed by atoms with van der Waals surface area (Å²) in [6.45, 7) is 2.98. The number of anilines is 1. The Hall–Kier alpha value is -2.39. The lowest BCUT2D eigenvalue weighted by Gasteiger charge is -2.27. The summed E-state index contributed by atoms with van der Waals surface area (Å²) < 4.78 is 13.1. The number of aryl methyl sites for hydroxylation is 1. The van der Waals surface area contributed by atoms with Crippen molar-refractivity contribution in [3.63, 3.8) is 0 Å². The molecular formula is C17H22FN5. The Balaban J connectivity index is 1.93. The number of halogens is 1. The predicted octanol–water partition coefficient (Wildman–Crippen LogP) is 3.02. The minimum absolute atomic E-state index is 0.216. The van der Waals surface area contributed by atoms with E-state index in [0.717, 1.165) is 37.1 Å². The van der Waals surface area contributed by atoms with Crippen LogP contribution in [0.2, 0.25) is 0 Å². The van der Waals surface area contributed by atoms with E-state index < -0.39 is 0 Å². The molecule has 2 rings (SSSR count). The van der Waals surface area contributed by atoms with Crippen LogP contribution in [0.3, 0.4) is 0 Å². The van der Waals surface area contributed by atoms with Gasteiger partial charge in [-0.2, -0.15) is 10.4 Å². The van der Waals surface area contributed by atoms with Gasteiger partial charge in [0, 0.05) is 6.04 Å². The van der Waals surface area contributed by atoms with Crippen LogP contribution in [0.4, 0.5) is 10.2 Å². The van der Waals surface area contributed by atoms with E-state index in [2.05, 4.69) is 35.1 Å². The average Bonchev–Trinajstić information content (AvgIpc) is 2.90. The standard InChI is InChI=1S/C17H22FN5/c1-3-16(12-6-8-13(18)9-7-12)23(2)10-4-5-15-14(11-19)17(20)22-21-15/h6-9,16H,3-5,10H2,1-2H3,(H3,20,21,22). The van der Waals surface area contributed by atoms with Crippen LogP contribution in [0.1, 0.15) is 42.6 Å². The monoisotopic (exact) mass is 315 g/mol. The van der Waals surface area contributed by atoms with Gasteiger partial charge in [0.25, 0.3) is 0 Å². The summed E-state index contributed by atoms with van der Waals surface area (Å²) in [7, 11) is 2.06. The third-order valence-corrected chi connectivity index (χ3v) is 4.09. The van der Waals surface area contributed by atoms with Crippen LogP contribution in [0, 0.1) is 17.1 Å². The molecule has 23 heavy (non-hydrogen) atoms. The molecular weight excluding hydrogens is 293 g/mol. The largest absolute Gasteiger partial charge is 0.381 e. The van der Waals surface area contributed by atoms with Crippen LogP contribution in [-0.4, -0.2) is 28.7 Å². The number of nitrogens with zero attached hydrogens (tertiary/aromatic N) is 3. The molecule has 0 spiro atoms. The van der Waals surface area contributed by atoms with Crippen molar-refractivity contribution in [2.24, 2.45) is 0 Å². The maximum Gasteiger partial charge on any atom is 0.163 e. The van der Waals surface area contributed by atoms with Gasteiger partial charge in [0.05, 0.1) is 5.69 Å². The van der Waals surface area contributed by atoms with Gasteiger partial charge in [-0.25, -0.2) is 4.39 Å². The van der Waals surface area contributed by atoms with Gasteiger partial charge in [0.2, 0.25) is 0 Å². The number of H-pyrrole nitrogens is 1. The van der Waals surface area contributed by atoms with E-state index in [1.807, 2.05) is 12.1 Å². The Bertz CT molecular complexity index is 671. The zero-order valence-corrected chi connectivity index (χ0v) is 13.5. The van der Waals surface area contributed by atoms with E-state index in [4.69, 9.17) is 11.0 Å². The molecule has 3 N–H and O–H groups in total. The minimum Gasteiger partial charge on any atom is -0.381 e. The number of aromatic amines is 1. The zero-order valence-electron chi connectivity index (χ0n) is 13.5. The molecule has 5 nitrogen and oxygen atoms in total. The quantitative estimate of drug-likeness (QED) is 0.823. The van der Waals surface area contributed by atoms with Crippen LogP contribution < -0.4 is 5.73 Å². The van der Waals surface area contributed by atoms with Gasteiger partial charge in [0.1, 0.15) is 17.4 Å². The van der Waals surface area contributed by atoms with Crippen molar-refractivity contribution in [1.82, 2.24) is 15.1 Å². The van der Waals surface area contributed by atoms with Gasteiger partial charge in [0.15, 0.2) is 5.82 Å². The predicted molar refractivity (Wildman–Crippen MR) is 88.1 cm³/mol. The SMILES string of the molecule is CCC(c1ccc(F)cc1)N(C)CCCc1[nH]nc(N)c1C#N. The highest BCUT2D eigenvalue weighted by molar-refractivity contribution is 5.50. The zero-order chi connectivity index (χ0) is 16.8. The second kappa shape index (κ2) is 7.75. The highest BCUT2D eigenvalue weighted by Gasteiger charge is 2.16. The Morgan fingerprint density at radius 1 is 1.39 bits per heavy atom. The fourth-order valence-corrected chi connectivity index (χ4v) is 2.85. The van der Waals surface area contributed by atoms with Crippen LogP contribution in [-0.2, 0) is 6.42 Å². The van der Waals surface area contributed by atoms with E-state index in [0.29, 0.717) is 5.56 Å². The maximum atomic E-state index is 13.1. The summed E-state index contributed by atoms with van der Waals surface area (Å²) in [5.41, 5.74) is 7.97. The molecule has 2 aromatic rings. The Labute approximate surface area is 135 Å². The van der Waals surface area contributed by atoms with Crippen molar-refractivity contribution in [3.05, 3.63) is 46.9 Å². The van der Waals surface area contributed by atoms with Crippen LogP contribution >= 0.6 is 0 Å². The van der Waals surface area contributed by atoms with Gasteiger partial charge in [-0.15, -0.1) is 0 Å². The molecule has 0 aliphatic carbocycles. The van der Waals surface area contributed by atoms with Gasteiger partial charge in [-0.1, -0.05) is 19.1 Å². The molecule has 0 aliphatic heterocycles. The second-order valence-corrected chi connectivity index (χ2v) is 5.63. The average molecular weight is 315 g/mol. The van der Waals surface area contributed by atoms with Crippen molar-refractivity contribution >= 4 is 5.82 Å². The van der Waals surface area contributed by atoms with Crippen LogP contribution in [0.25, 0.3) is 0 Å². The Kier molecular flexibility index (Phi) is 5.72. The molecule has 122 valence electrons. The van der Waals surface area contributed by atoms with E-state index in [1.54, 1.807) is 0 Å². The van der Waals surface area contributed by atoms with Gasteiger partial charge in [-0.05, 0) is 50.6 Å². The summed E-state index contributed by atoms with van der Waals surface area (Å²) >= 11 is 0. The van der Waals surface area contributed by atoms with Crippen LogP contribution in [0.15, 0.2) is 24.3 Å². The highest BCUT2D eigenvalue weighted by Crippen LogP contribution is 2.23. The van der Waals surface area contributed by atoms with E-state index in [9.17, 15) is 4.39 Å². The van der Waals surface area contributed by atoms with Crippen molar-refractivity contribution in [2.75, 3.05) is 19.3 Å².